The number of aliphatic imine (C=N–C) groups is 1. The van der Waals surface area contributed by atoms with Crippen LogP contribution in [0.4, 0.5) is 5.69 Å². The number of carbonyl (C=O) groups is 1. The Labute approximate surface area is 290 Å². The maximum absolute atomic E-state index is 13.7. The van der Waals surface area contributed by atoms with E-state index < -0.39 is 11.6 Å². The second-order valence-corrected chi connectivity index (χ2v) is 12.7. The summed E-state index contributed by atoms with van der Waals surface area (Å²) in [6, 6.07) is 46.9. The second-order valence-electron chi connectivity index (χ2n) is 12.7. The molecule has 2 N–H and O–H groups in total. The summed E-state index contributed by atoms with van der Waals surface area (Å²) in [6.45, 7) is 1.77. The van der Waals surface area contributed by atoms with Gasteiger partial charge in [0.25, 0.3) is 5.91 Å². The van der Waals surface area contributed by atoms with Crippen LogP contribution in [0.15, 0.2) is 157 Å². The lowest BCUT2D eigenvalue weighted by Gasteiger charge is -2.37. The molecule has 0 radical (unpaired) electrons. The number of hydrogen-bond donors (Lipinski definition) is 2. The van der Waals surface area contributed by atoms with Gasteiger partial charge in [0.2, 0.25) is 0 Å². The zero-order valence-corrected chi connectivity index (χ0v) is 27.6. The standard InChI is InChI=1S/C43H35N5O2/c1-29-12-11-13-31(24-29)39(28-49)46-42(50)38-25-32-26-40-36(27-37(32)45-38)41(30-20-22-44-23-21-30)47-48(40)43(33-14-5-2-6-15-33,34-16-7-3-8-17-34)35-18-9-4-10-19-35/h2-24,26-27,39,49H,25,28H2,1H3,(H,46,50)/t39-/m1/s1. The number of amides is 1. The fourth-order valence-electron chi connectivity index (χ4n) is 7.18. The molecule has 7 heteroatoms. The van der Waals surface area contributed by atoms with Crippen molar-refractivity contribution in [1.82, 2.24) is 20.1 Å². The van der Waals surface area contributed by atoms with Crippen molar-refractivity contribution in [1.29, 1.82) is 0 Å². The molecule has 2 aromatic heterocycles. The number of hydrogen-bond acceptors (Lipinski definition) is 5. The predicted molar refractivity (Wildman–Crippen MR) is 198 cm³/mol. The molecular formula is C43H35N5O2. The number of aryl methyl sites for hydroxylation is 1. The monoisotopic (exact) mass is 653 g/mol. The average Bonchev–Trinajstić information content (AvgIpc) is 3.76. The smallest absolute Gasteiger partial charge is 0.266 e. The minimum Gasteiger partial charge on any atom is -0.394 e. The third kappa shape index (κ3) is 5.38. The summed E-state index contributed by atoms with van der Waals surface area (Å²) in [7, 11) is 0. The van der Waals surface area contributed by atoms with Gasteiger partial charge in [0.15, 0.2) is 0 Å². The first kappa shape index (κ1) is 31.1. The van der Waals surface area contributed by atoms with Crippen LogP contribution in [0.5, 0.6) is 0 Å². The highest BCUT2D eigenvalue weighted by Gasteiger charge is 2.41. The molecule has 244 valence electrons. The lowest BCUT2D eigenvalue weighted by atomic mass is 9.77. The zero-order chi connectivity index (χ0) is 34.1. The number of aromatic nitrogens is 3. The van der Waals surface area contributed by atoms with Crippen molar-refractivity contribution >= 4 is 28.2 Å². The summed E-state index contributed by atoms with van der Waals surface area (Å²) >= 11 is 0. The molecule has 0 spiro atoms. The van der Waals surface area contributed by atoms with Crippen LogP contribution in [-0.4, -0.2) is 38.1 Å². The van der Waals surface area contributed by atoms with E-state index in [-0.39, 0.29) is 12.5 Å². The van der Waals surface area contributed by atoms with Gasteiger partial charge in [-0.25, -0.2) is 9.67 Å². The summed E-state index contributed by atoms with van der Waals surface area (Å²) in [5.74, 6) is -0.297. The Kier molecular flexibility index (Phi) is 8.11. The number of fused-ring (bicyclic) bond motifs is 2. The maximum Gasteiger partial charge on any atom is 0.266 e. The number of aliphatic hydroxyl groups is 1. The molecular weight excluding hydrogens is 619 g/mol. The first-order valence-electron chi connectivity index (χ1n) is 16.7. The zero-order valence-electron chi connectivity index (χ0n) is 27.6. The highest BCUT2D eigenvalue weighted by atomic mass is 16.3. The normalized spacial score (nSPS) is 13.1. The van der Waals surface area contributed by atoms with E-state index in [1.807, 2.05) is 61.5 Å². The van der Waals surface area contributed by atoms with Crippen molar-refractivity contribution in [2.75, 3.05) is 6.61 Å². The van der Waals surface area contributed by atoms with Gasteiger partial charge >= 0.3 is 0 Å². The predicted octanol–water partition coefficient (Wildman–Crippen LogP) is 7.73. The van der Waals surface area contributed by atoms with E-state index in [1.54, 1.807) is 12.4 Å². The van der Waals surface area contributed by atoms with E-state index in [1.165, 1.54) is 0 Å². The molecule has 0 saturated heterocycles. The van der Waals surface area contributed by atoms with Gasteiger partial charge in [-0.15, -0.1) is 0 Å². The van der Waals surface area contributed by atoms with Gasteiger partial charge in [-0.05, 0) is 59.0 Å². The first-order chi connectivity index (χ1) is 24.6. The van der Waals surface area contributed by atoms with Crippen LogP contribution < -0.4 is 5.32 Å². The molecule has 1 amide bonds. The van der Waals surface area contributed by atoms with Crippen LogP contribution in [0.2, 0.25) is 0 Å². The second kappa shape index (κ2) is 13.0. The largest absolute Gasteiger partial charge is 0.394 e. The number of carbonyl (C=O) groups excluding carboxylic acids is 1. The van der Waals surface area contributed by atoms with Crippen molar-refractivity contribution in [3.63, 3.8) is 0 Å². The summed E-state index contributed by atoms with van der Waals surface area (Å²) in [5.41, 5.74) is 8.96. The Hall–Kier alpha value is -6.18. The highest BCUT2D eigenvalue weighted by molar-refractivity contribution is 6.41. The van der Waals surface area contributed by atoms with Gasteiger partial charge < -0.3 is 10.4 Å². The number of pyridine rings is 1. The number of rotatable bonds is 9. The van der Waals surface area contributed by atoms with Gasteiger partial charge in [-0.3, -0.25) is 9.78 Å². The lowest BCUT2D eigenvalue weighted by molar-refractivity contribution is -0.115. The van der Waals surface area contributed by atoms with Crippen LogP contribution >= 0.6 is 0 Å². The molecule has 1 atom stereocenters. The first-order valence-corrected chi connectivity index (χ1v) is 16.7. The summed E-state index contributed by atoms with van der Waals surface area (Å²) in [5, 5.41) is 19.6. The molecule has 7 aromatic rings. The van der Waals surface area contributed by atoms with Crippen molar-refractivity contribution in [2.24, 2.45) is 4.99 Å². The average molecular weight is 654 g/mol. The van der Waals surface area contributed by atoms with Crippen LogP contribution in [0, 0.1) is 6.92 Å². The summed E-state index contributed by atoms with van der Waals surface area (Å²) < 4.78 is 2.15. The molecule has 50 heavy (non-hydrogen) atoms. The van der Waals surface area contributed by atoms with Crippen LogP contribution in [0.25, 0.3) is 22.2 Å². The van der Waals surface area contributed by atoms with Crippen molar-refractivity contribution in [2.45, 2.75) is 24.9 Å². The minimum absolute atomic E-state index is 0.217. The fraction of sp³-hybridized carbons (Fsp3) is 0.116. The summed E-state index contributed by atoms with van der Waals surface area (Å²) in [4.78, 5) is 22.8. The molecule has 0 saturated carbocycles. The summed E-state index contributed by atoms with van der Waals surface area (Å²) in [6.07, 6.45) is 3.91. The third-order valence-electron chi connectivity index (χ3n) is 9.53. The van der Waals surface area contributed by atoms with Crippen molar-refractivity contribution < 1.29 is 9.90 Å². The van der Waals surface area contributed by atoms with E-state index in [0.29, 0.717) is 12.1 Å². The van der Waals surface area contributed by atoms with Crippen LogP contribution in [0.3, 0.4) is 0 Å². The quantitative estimate of drug-likeness (QED) is 0.156. The van der Waals surface area contributed by atoms with Gasteiger partial charge in [-0.1, -0.05) is 121 Å². The highest BCUT2D eigenvalue weighted by Crippen LogP contribution is 2.45. The van der Waals surface area contributed by atoms with E-state index in [9.17, 15) is 9.90 Å². The molecule has 0 unspecified atom stereocenters. The van der Waals surface area contributed by atoms with Gasteiger partial charge in [0, 0.05) is 29.8 Å². The molecule has 0 fully saturated rings. The van der Waals surface area contributed by atoms with E-state index in [0.717, 1.165) is 61.2 Å². The maximum atomic E-state index is 13.7. The van der Waals surface area contributed by atoms with E-state index in [2.05, 4.69) is 99.9 Å². The molecule has 1 aliphatic heterocycles. The number of nitrogens with one attached hydrogen (secondary N) is 1. The number of aliphatic hydroxyl groups excluding tert-OH is 1. The molecule has 0 bridgehead atoms. The molecule has 1 aliphatic rings. The van der Waals surface area contributed by atoms with Crippen molar-refractivity contribution in [3.05, 3.63) is 185 Å². The number of benzene rings is 5. The van der Waals surface area contributed by atoms with Crippen LogP contribution in [-0.2, 0) is 16.8 Å². The topological polar surface area (TPSA) is 92.4 Å². The Bertz CT molecular complexity index is 2240. The molecule has 3 heterocycles. The van der Waals surface area contributed by atoms with E-state index in [4.69, 9.17) is 10.1 Å². The van der Waals surface area contributed by atoms with Gasteiger partial charge in [-0.2, -0.15) is 5.10 Å². The fourth-order valence-corrected chi connectivity index (χ4v) is 7.18. The molecule has 7 nitrogen and oxygen atoms in total. The van der Waals surface area contributed by atoms with E-state index >= 15 is 0 Å². The molecule has 0 aliphatic carbocycles. The minimum atomic E-state index is -0.844. The Morgan fingerprint density at radius 1 is 0.800 bits per heavy atom. The Balaban J connectivity index is 1.32. The Morgan fingerprint density at radius 2 is 1.42 bits per heavy atom. The van der Waals surface area contributed by atoms with Gasteiger partial charge in [0.05, 0.1) is 23.9 Å². The molecule has 5 aromatic carbocycles. The SMILES string of the molecule is Cc1cccc([C@@H](CO)NC(=O)C2=Nc3cc4c(-c5ccncc5)nn(C(c5ccccc5)(c5ccccc5)c5ccccc5)c4cc3C2)c1. The molecule has 8 rings (SSSR count). The Morgan fingerprint density at radius 3 is 2.00 bits per heavy atom. The van der Waals surface area contributed by atoms with Crippen LogP contribution in [0.1, 0.15) is 39.4 Å². The van der Waals surface area contributed by atoms with Crippen molar-refractivity contribution in [3.8, 4) is 11.3 Å². The number of nitrogens with zero attached hydrogens (tertiary/aromatic N) is 4. The van der Waals surface area contributed by atoms with Gasteiger partial charge in [0.1, 0.15) is 16.9 Å². The third-order valence-corrected chi connectivity index (χ3v) is 9.53. The lowest BCUT2D eigenvalue weighted by Crippen LogP contribution is -2.38.